The van der Waals surface area contributed by atoms with E-state index in [4.69, 9.17) is 0 Å². The predicted octanol–water partition coefficient (Wildman–Crippen LogP) is 2.12. The van der Waals surface area contributed by atoms with Gasteiger partial charge < -0.3 is 4.90 Å². The SMILES string of the molecule is CCC1NC(CC)N(CC2CCCC2)C1=O. The number of rotatable bonds is 4. The molecule has 0 radical (unpaired) electrons. The smallest absolute Gasteiger partial charge is 0.241 e. The van der Waals surface area contributed by atoms with E-state index in [0.717, 1.165) is 25.3 Å². The number of carbonyl (C=O) groups is 1. The van der Waals surface area contributed by atoms with Crippen LogP contribution in [0, 0.1) is 5.92 Å². The molecule has 92 valence electrons. The van der Waals surface area contributed by atoms with Gasteiger partial charge in [0.2, 0.25) is 5.91 Å². The fourth-order valence-corrected chi connectivity index (χ4v) is 3.07. The van der Waals surface area contributed by atoms with Crippen molar-refractivity contribution >= 4 is 5.91 Å². The lowest BCUT2D eigenvalue weighted by molar-refractivity contribution is -0.130. The molecule has 1 amide bonds. The van der Waals surface area contributed by atoms with Gasteiger partial charge in [-0.25, -0.2) is 0 Å². The van der Waals surface area contributed by atoms with E-state index >= 15 is 0 Å². The summed E-state index contributed by atoms with van der Waals surface area (Å²) >= 11 is 0. The molecule has 2 atom stereocenters. The highest BCUT2D eigenvalue weighted by molar-refractivity contribution is 5.84. The molecule has 0 aromatic heterocycles. The Kier molecular flexibility index (Phi) is 3.85. The van der Waals surface area contributed by atoms with E-state index in [1.807, 2.05) is 0 Å². The third kappa shape index (κ3) is 2.24. The molecule has 2 unspecified atom stereocenters. The summed E-state index contributed by atoms with van der Waals surface area (Å²) in [5.41, 5.74) is 0. The van der Waals surface area contributed by atoms with Gasteiger partial charge in [-0.05, 0) is 31.6 Å². The second kappa shape index (κ2) is 5.17. The summed E-state index contributed by atoms with van der Waals surface area (Å²) in [6.07, 6.45) is 7.57. The molecule has 0 aromatic rings. The molecule has 0 spiro atoms. The van der Waals surface area contributed by atoms with E-state index in [0.29, 0.717) is 5.91 Å². The number of nitrogens with zero attached hydrogens (tertiary/aromatic N) is 1. The molecular formula is C13H24N2O. The summed E-state index contributed by atoms with van der Waals surface area (Å²) in [6, 6.07) is 0.0753. The predicted molar refractivity (Wildman–Crippen MR) is 65.0 cm³/mol. The molecule has 0 bridgehead atoms. The van der Waals surface area contributed by atoms with Gasteiger partial charge in [-0.2, -0.15) is 0 Å². The van der Waals surface area contributed by atoms with Crippen LogP contribution < -0.4 is 5.32 Å². The minimum absolute atomic E-state index is 0.0753. The molecule has 1 heterocycles. The number of carbonyl (C=O) groups excluding carboxylic acids is 1. The first-order chi connectivity index (χ1) is 7.76. The first-order valence-electron chi connectivity index (χ1n) is 6.82. The summed E-state index contributed by atoms with van der Waals surface area (Å²) in [6.45, 7) is 5.23. The van der Waals surface area contributed by atoms with Crippen LogP contribution in [0.1, 0.15) is 52.4 Å². The van der Waals surface area contributed by atoms with Crippen LogP contribution in [-0.4, -0.2) is 29.6 Å². The van der Waals surface area contributed by atoms with E-state index in [2.05, 4.69) is 24.1 Å². The third-order valence-electron chi connectivity index (χ3n) is 4.08. The van der Waals surface area contributed by atoms with Gasteiger partial charge in [0.25, 0.3) is 0 Å². The summed E-state index contributed by atoms with van der Waals surface area (Å²) in [5, 5.41) is 3.44. The number of hydrogen-bond donors (Lipinski definition) is 1. The van der Waals surface area contributed by atoms with Crippen molar-refractivity contribution in [3.8, 4) is 0 Å². The van der Waals surface area contributed by atoms with Crippen molar-refractivity contribution in [3.05, 3.63) is 0 Å². The van der Waals surface area contributed by atoms with E-state index in [1.165, 1.54) is 25.7 Å². The van der Waals surface area contributed by atoms with Crippen LogP contribution in [-0.2, 0) is 4.79 Å². The highest BCUT2D eigenvalue weighted by Crippen LogP contribution is 2.28. The topological polar surface area (TPSA) is 32.3 Å². The maximum Gasteiger partial charge on any atom is 0.241 e. The summed E-state index contributed by atoms with van der Waals surface area (Å²) in [4.78, 5) is 14.3. The first-order valence-corrected chi connectivity index (χ1v) is 6.82. The molecule has 0 aromatic carbocycles. The third-order valence-corrected chi connectivity index (χ3v) is 4.08. The van der Waals surface area contributed by atoms with Crippen LogP contribution in [0.3, 0.4) is 0 Å². The van der Waals surface area contributed by atoms with Gasteiger partial charge in [0.15, 0.2) is 0 Å². The van der Waals surface area contributed by atoms with Crippen molar-refractivity contribution in [2.75, 3.05) is 6.54 Å². The monoisotopic (exact) mass is 224 g/mol. The Bertz CT molecular complexity index is 248. The lowest BCUT2D eigenvalue weighted by Gasteiger charge is -2.26. The zero-order valence-corrected chi connectivity index (χ0v) is 10.5. The van der Waals surface area contributed by atoms with Crippen molar-refractivity contribution in [2.24, 2.45) is 5.92 Å². The molecule has 2 aliphatic rings. The van der Waals surface area contributed by atoms with Crippen molar-refractivity contribution in [2.45, 2.75) is 64.6 Å². The molecule has 3 heteroatoms. The molecule has 2 fully saturated rings. The summed E-state index contributed by atoms with van der Waals surface area (Å²) < 4.78 is 0. The van der Waals surface area contributed by atoms with Gasteiger partial charge in [-0.3, -0.25) is 10.1 Å². The lowest BCUT2D eigenvalue weighted by atomic mass is 10.1. The van der Waals surface area contributed by atoms with Crippen LogP contribution in [0.15, 0.2) is 0 Å². The molecule has 3 nitrogen and oxygen atoms in total. The van der Waals surface area contributed by atoms with Crippen molar-refractivity contribution in [3.63, 3.8) is 0 Å². The van der Waals surface area contributed by atoms with E-state index < -0.39 is 0 Å². The minimum Gasteiger partial charge on any atom is -0.326 e. The van der Waals surface area contributed by atoms with Crippen LogP contribution in [0.2, 0.25) is 0 Å². The minimum atomic E-state index is 0.0753. The van der Waals surface area contributed by atoms with Crippen LogP contribution >= 0.6 is 0 Å². The fraction of sp³-hybridized carbons (Fsp3) is 0.923. The first kappa shape index (κ1) is 11.9. The van der Waals surface area contributed by atoms with Crippen molar-refractivity contribution < 1.29 is 4.79 Å². The molecule has 1 saturated heterocycles. The van der Waals surface area contributed by atoms with Gasteiger partial charge >= 0.3 is 0 Å². The Balaban J connectivity index is 1.97. The van der Waals surface area contributed by atoms with Gasteiger partial charge in [0.1, 0.15) is 0 Å². The maximum atomic E-state index is 12.2. The molecule has 1 aliphatic heterocycles. The summed E-state index contributed by atoms with van der Waals surface area (Å²) in [7, 11) is 0. The normalized spacial score (nSPS) is 31.6. The standard InChI is InChI=1S/C13H24N2O/c1-3-11-13(16)15(12(4-2)14-11)9-10-7-5-6-8-10/h10-12,14H,3-9H2,1-2H3. The second-order valence-corrected chi connectivity index (χ2v) is 5.19. The van der Waals surface area contributed by atoms with E-state index in [-0.39, 0.29) is 12.2 Å². The second-order valence-electron chi connectivity index (χ2n) is 5.19. The van der Waals surface area contributed by atoms with Gasteiger partial charge in [0, 0.05) is 6.54 Å². The molecule has 2 rings (SSSR count). The van der Waals surface area contributed by atoms with Gasteiger partial charge in [0.05, 0.1) is 12.2 Å². The van der Waals surface area contributed by atoms with Crippen LogP contribution in [0.5, 0.6) is 0 Å². The largest absolute Gasteiger partial charge is 0.326 e. The Morgan fingerprint density at radius 2 is 1.94 bits per heavy atom. The maximum absolute atomic E-state index is 12.2. The highest BCUT2D eigenvalue weighted by atomic mass is 16.2. The van der Waals surface area contributed by atoms with Crippen LogP contribution in [0.25, 0.3) is 0 Å². The fourth-order valence-electron chi connectivity index (χ4n) is 3.07. The number of nitrogens with one attached hydrogen (secondary N) is 1. The van der Waals surface area contributed by atoms with Gasteiger partial charge in [-0.1, -0.05) is 26.7 Å². The Morgan fingerprint density at radius 1 is 1.25 bits per heavy atom. The van der Waals surface area contributed by atoms with Crippen molar-refractivity contribution in [1.82, 2.24) is 10.2 Å². The number of amides is 1. The highest BCUT2D eigenvalue weighted by Gasteiger charge is 2.37. The molecule has 1 aliphatic carbocycles. The number of hydrogen-bond acceptors (Lipinski definition) is 2. The Hall–Kier alpha value is -0.570. The average molecular weight is 224 g/mol. The molecule has 16 heavy (non-hydrogen) atoms. The molecule has 1 N–H and O–H groups in total. The Labute approximate surface area is 98.6 Å². The van der Waals surface area contributed by atoms with Crippen molar-refractivity contribution in [1.29, 1.82) is 0 Å². The van der Waals surface area contributed by atoms with E-state index in [9.17, 15) is 4.79 Å². The van der Waals surface area contributed by atoms with E-state index in [1.54, 1.807) is 0 Å². The van der Waals surface area contributed by atoms with Gasteiger partial charge in [-0.15, -0.1) is 0 Å². The lowest BCUT2D eigenvalue weighted by Crippen LogP contribution is -2.39. The quantitative estimate of drug-likeness (QED) is 0.793. The Morgan fingerprint density at radius 3 is 2.50 bits per heavy atom. The summed E-state index contributed by atoms with van der Waals surface area (Å²) in [5.74, 6) is 1.09. The molecular weight excluding hydrogens is 200 g/mol. The van der Waals surface area contributed by atoms with Crippen LogP contribution in [0.4, 0.5) is 0 Å². The zero-order chi connectivity index (χ0) is 11.5. The zero-order valence-electron chi connectivity index (χ0n) is 10.5. The average Bonchev–Trinajstić information content (AvgIpc) is 2.89. The molecule has 1 saturated carbocycles.